The molecule has 0 saturated heterocycles. The van der Waals surface area contributed by atoms with E-state index in [1.54, 1.807) is 6.20 Å². The average molecular weight is 178 g/mol. The van der Waals surface area contributed by atoms with Crippen LogP contribution in [-0.4, -0.2) is 9.61 Å². The number of anilines is 1. The highest BCUT2D eigenvalue weighted by Gasteiger charge is 2.01. The van der Waals surface area contributed by atoms with Crippen LogP contribution in [0.5, 0.6) is 0 Å². The van der Waals surface area contributed by atoms with Gasteiger partial charge < -0.3 is 5.43 Å². The standard InChI is InChI=1S/C8H10N4.CH4/c1-6-2-3-7(11-9)8-4-5-10-12(6)8;/h2-5,11H,9H2,1H3;1H4. The third-order valence-corrected chi connectivity index (χ3v) is 1.90. The Labute approximate surface area is 77.3 Å². The summed E-state index contributed by atoms with van der Waals surface area (Å²) in [5, 5.41) is 4.15. The van der Waals surface area contributed by atoms with Crippen LogP contribution < -0.4 is 11.3 Å². The number of nitrogen functional groups attached to an aromatic ring is 1. The van der Waals surface area contributed by atoms with E-state index in [4.69, 9.17) is 5.84 Å². The Hall–Kier alpha value is -1.55. The molecule has 2 rings (SSSR count). The van der Waals surface area contributed by atoms with E-state index in [1.165, 1.54) is 0 Å². The van der Waals surface area contributed by atoms with Gasteiger partial charge in [-0.15, -0.1) is 0 Å². The molecule has 13 heavy (non-hydrogen) atoms. The maximum Gasteiger partial charge on any atom is 0.0909 e. The van der Waals surface area contributed by atoms with Crippen LogP contribution in [0.4, 0.5) is 5.69 Å². The Balaban J connectivity index is 0.000000845. The Morgan fingerprint density at radius 2 is 2.15 bits per heavy atom. The fraction of sp³-hybridized carbons (Fsp3) is 0.222. The van der Waals surface area contributed by atoms with E-state index in [9.17, 15) is 0 Å². The topological polar surface area (TPSA) is 55.3 Å². The van der Waals surface area contributed by atoms with E-state index in [1.807, 2.05) is 29.6 Å². The zero-order chi connectivity index (χ0) is 8.55. The van der Waals surface area contributed by atoms with Gasteiger partial charge in [-0.05, 0) is 25.1 Å². The Kier molecular flexibility index (Phi) is 2.53. The quantitative estimate of drug-likeness (QED) is 0.514. The molecule has 70 valence electrons. The van der Waals surface area contributed by atoms with Crippen LogP contribution in [0.1, 0.15) is 13.1 Å². The van der Waals surface area contributed by atoms with Crippen LogP contribution in [-0.2, 0) is 0 Å². The van der Waals surface area contributed by atoms with Crippen LogP contribution in [0.25, 0.3) is 5.52 Å². The number of nitrogens with zero attached hydrogens (tertiary/aromatic N) is 2. The van der Waals surface area contributed by atoms with Gasteiger partial charge in [-0.3, -0.25) is 5.84 Å². The summed E-state index contributed by atoms with van der Waals surface area (Å²) in [6, 6.07) is 5.82. The summed E-state index contributed by atoms with van der Waals surface area (Å²) in [7, 11) is 0. The molecule has 4 heteroatoms. The first-order chi connectivity index (χ1) is 5.83. The van der Waals surface area contributed by atoms with Crippen molar-refractivity contribution in [2.24, 2.45) is 5.84 Å². The predicted octanol–water partition coefficient (Wildman–Crippen LogP) is 1.56. The van der Waals surface area contributed by atoms with Crippen LogP contribution in [0, 0.1) is 6.92 Å². The molecule has 0 saturated carbocycles. The van der Waals surface area contributed by atoms with E-state index < -0.39 is 0 Å². The molecule has 0 unspecified atom stereocenters. The Bertz CT molecular complexity index is 405. The lowest BCUT2D eigenvalue weighted by Crippen LogP contribution is -2.08. The second-order valence-electron chi connectivity index (χ2n) is 2.66. The summed E-state index contributed by atoms with van der Waals surface area (Å²) in [6.07, 6.45) is 1.75. The predicted molar refractivity (Wildman–Crippen MR) is 54.5 cm³/mol. The number of fused-ring (bicyclic) bond motifs is 1. The van der Waals surface area contributed by atoms with Crippen LogP contribution in [0.15, 0.2) is 24.4 Å². The second kappa shape index (κ2) is 3.45. The first kappa shape index (κ1) is 9.54. The van der Waals surface area contributed by atoms with Crippen molar-refractivity contribution in [1.29, 1.82) is 0 Å². The number of aryl methyl sites for hydroxylation is 1. The zero-order valence-corrected chi connectivity index (χ0v) is 6.78. The van der Waals surface area contributed by atoms with Crippen molar-refractivity contribution >= 4 is 11.2 Å². The molecule has 2 aromatic rings. The number of rotatable bonds is 1. The highest BCUT2D eigenvalue weighted by atomic mass is 15.3. The number of nitrogens with one attached hydrogen (secondary N) is 1. The van der Waals surface area contributed by atoms with Crippen LogP contribution in [0.3, 0.4) is 0 Å². The van der Waals surface area contributed by atoms with Crippen molar-refractivity contribution < 1.29 is 0 Å². The summed E-state index contributed by atoms with van der Waals surface area (Å²) < 4.78 is 1.84. The summed E-state index contributed by atoms with van der Waals surface area (Å²) in [5.41, 5.74) is 5.60. The summed E-state index contributed by atoms with van der Waals surface area (Å²) in [5.74, 6) is 5.33. The van der Waals surface area contributed by atoms with Crippen molar-refractivity contribution in [3.8, 4) is 0 Å². The van der Waals surface area contributed by atoms with Gasteiger partial charge in [0, 0.05) is 5.69 Å². The third-order valence-electron chi connectivity index (χ3n) is 1.90. The molecule has 2 heterocycles. The molecule has 0 spiro atoms. The maximum absolute atomic E-state index is 5.33. The van der Waals surface area contributed by atoms with Crippen LogP contribution >= 0.6 is 0 Å². The van der Waals surface area contributed by atoms with Crippen molar-refractivity contribution in [2.75, 3.05) is 5.43 Å². The molecular weight excluding hydrogens is 164 g/mol. The molecule has 0 aliphatic carbocycles. The van der Waals surface area contributed by atoms with Gasteiger partial charge in [0.05, 0.1) is 17.4 Å². The van der Waals surface area contributed by atoms with Gasteiger partial charge in [-0.2, -0.15) is 5.10 Å². The van der Waals surface area contributed by atoms with Crippen molar-refractivity contribution in [3.05, 3.63) is 30.1 Å². The monoisotopic (exact) mass is 178 g/mol. The van der Waals surface area contributed by atoms with Crippen molar-refractivity contribution in [1.82, 2.24) is 9.61 Å². The number of nitrogens with two attached hydrogens (primary N) is 1. The highest BCUT2D eigenvalue weighted by Crippen LogP contribution is 2.16. The molecule has 0 amide bonds. The molecule has 0 fully saturated rings. The molecule has 0 atom stereocenters. The summed E-state index contributed by atoms with van der Waals surface area (Å²) in [6.45, 7) is 2.00. The summed E-state index contributed by atoms with van der Waals surface area (Å²) in [4.78, 5) is 0. The lowest BCUT2D eigenvalue weighted by Gasteiger charge is -2.04. The molecule has 0 aliphatic heterocycles. The van der Waals surface area contributed by atoms with E-state index in [-0.39, 0.29) is 7.43 Å². The zero-order valence-electron chi connectivity index (χ0n) is 6.78. The minimum absolute atomic E-state index is 0. The first-order valence-corrected chi connectivity index (χ1v) is 3.73. The van der Waals surface area contributed by atoms with Gasteiger partial charge in [0.25, 0.3) is 0 Å². The second-order valence-corrected chi connectivity index (χ2v) is 2.66. The van der Waals surface area contributed by atoms with Gasteiger partial charge in [-0.25, -0.2) is 4.52 Å². The van der Waals surface area contributed by atoms with Crippen LogP contribution in [0.2, 0.25) is 0 Å². The van der Waals surface area contributed by atoms with E-state index in [2.05, 4.69) is 10.5 Å². The van der Waals surface area contributed by atoms with E-state index in [0.717, 1.165) is 16.9 Å². The normalized spacial score (nSPS) is 9.69. The van der Waals surface area contributed by atoms with Gasteiger partial charge >= 0.3 is 0 Å². The number of hydrogen-bond acceptors (Lipinski definition) is 3. The molecule has 0 bridgehead atoms. The van der Waals surface area contributed by atoms with E-state index in [0.29, 0.717) is 0 Å². The molecule has 0 radical (unpaired) electrons. The molecular formula is C9H14N4. The molecule has 3 N–H and O–H groups in total. The van der Waals surface area contributed by atoms with Crippen molar-refractivity contribution in [3.63, 3.8) is 0 Å². The number of hydrogen-bond donors (Lipinski definition) is 2. The molecule has 2 aromatic heterocycles. The fourth-order valence-electron chi connectivity index (χ4n) is 1.27. The third kappa shape index (κ3) is 1.36. The largest absolute Gasteiger partial charge is 0.322 e. The SMILES string of the molecule is C.Cc1ccc(NN)c2ccnn12. The van der Waals surface area contributed by atoms with Gasteiger partial charge in [0.15, 0.2) is 0 Å². The minimum atomic E-state index is 0. The first-order valence-electron chi connectivity index (χ1n) is 3.73. The summed E-state index contributed by atoms with van der Waals surface area (Å²) >= 11 is 0. The Morgan fingerprint density at radius 3 is 2.85 bits per heavy atom. The highest BCUT2D eigenvalue weighted by molar-refractivity contribution is 5.71. The maximum atomic E-state index is 5.33. The van der Waals surface area contributed by atoms with Crippen molar-refractivity contribution in [2.45, 2.75) is 14.4 Å². The number of hydrazine groups is 1. The van der Waals surface area contributed by atoms with Gasteiger partial charge in [-0.1, -0.05) is 7.43 Å². The fourth-order valence-corrected chi connectivity index (χ4v) is 1.27. The lowest BCUT2D eigenvalue weighted by atomic mass is 10.3. The Morgan fingerprint density at radius 1 is 1.38 bits per heavy atom. The molecule has 4 nitrogen and oxygen atoms in total. The molecule has 0 aliphatic rings. The molecule has 0 aromatic carbocycles. The number of pyridine rings is 1. The van der Waals surface area contributed by atoms with E-state index >= 15 is 0 Å². The minimum Gasteiger partial charge on any atom is -0.322 e. The van der Waals surface area contributed by atoms with Gasteiger partial charge in [0.1, 0.15) is 0 Å². The smallest absolute Gasteiger partial charge is 0.0909 e. The number of aromatic nitrogens is 2. The van der Waals surface area contributed by atoms with Gasteiger partial charge in [0.2, 0.25) is 0 Å². The lowest BCUT2D eigenvalue weighted by molar-refractivity contribution is 0.914. The average Bonchev–Trinajstić information content (AvgIpc) is 2.54.